The summed E-state index contributed by atoms with van der Waals surface area (Å²) in [6, 6.07) is 15.5. The molecule has 0 spiro atoms. The summed E-state index contributed by atoms with van der Waals surface area (Å²) in [6.07, 6.45) is 0. The van der Waals surface area contributed by atoms with E-state index < -0.39 is 0 Å². The van der Waals surface area contributed by atoms with Gasteiger partial charge in [-0.25, -0.2) is 5.43 Å². The lowest BCUT2D eigenvalue weighted by atomic mass is 10.1. The van der Waals surface area contributed by atoms with E-state index in [-0.39, 0.29) is 5.91 Å². The van der Waals surface area contributed by atoms with Crippen LogP contribution in [0.1, 0.15) is 28.4 Å². The van der Waals surface area contributed by atoms with Crippen LogP contribution in [-0.2, 0) is 11.3 Å². The highest BCUT2D eigenvalue weighted by atomic mass is 79.9. The fraction of sp³-hybridized carbons (Fsp3) is 0.300. The zero-order valence-electron chi connectivity index (χ0n) is 14.7. The van der Waals surface area contributed by atoms with Gasteiger partial charge >= 0.3 is 0 Å². The minimum atomic E-state index is -0.209. The Morgan fingerprint density at radius 3 is 2.35 bits per heavy atom. The molecule has 2 aromatic rings. The van der Waals surface area contributed by atoms with E-state index in [0.717, 1.165) is 48.6 Å². The second-order valence-corrected chi connectivity index (χ2v) is 7.15. The number of halogens is 1. The lowest BCUT2D eigenvalue weighted by molar-refractivity contribution is 0.0342. The van der Waals surface area contributed by atoms with Crippen LogP contribution < -0.4 is 5.43 Å². The van der Waals surface area contributed by atoms with Crippen LogP contribution in [0.3, 0.4) is 0 Å². The van der Waals surface area contributed by atoms with Crippen LogP contribution in [0, 0.1) is 0 Å². The fourth-order valence-electron chi connectivity index (χ4n) is 2.73. The first kappa shape index (κ1) is 18.8. The number of benzene rings is 2. The van der Waals surface area contributed by atoms with Gasteiger partial charge in [0.05, 0.1) is 18.9 Å². The van der Waals surface area contributed by atoms with Gasteiger partial charge in [-0.2, -0.15) is 5.10 Å². The van der Waals surface area contributed by atoms with Crippen LogP contribution in [0.15, 0.2) is 58.1 Å². The van der Waals surface area contributed by atoms with Gasteiger partial charge in [0.2, 0.25) is 0 Å². The highest BCUT2D eigenvalue weighted by Crippen LogP contribution is 2.12. The van der Waals surface area contributed by atoms with Gasteiger partial charge in [0.25, 0.3) is 5.91 Å². The molecule has 2 aromatic carbocycles. The molecule has 5 nitrogen and oxygen atoms in total. The Balaban J connectivity index is 1.57. The molecule has 26 heavy (non-hydrogen) atoms. The molecule has 0 unspecified atom stereocenters. The number of carbonyl (C=O) groups excluding carboxylic acids is 1. The highest BCUT2D eigenvalue weighted by molar-refractivity contribution is 9.10. The molecular weight excluding hydrogens is 394 g/mol. The summed E-state index contributed by atoms with van der Waals surface area (Å²) in [4.78, 5) is 14.6. The van der Waals surface area contributed by atoms with Crippen molar-refractivity contribution < 1.29 is 9.53 Å². The van der Waals surface area contributed by atoms with Crippen molar-refractivity contribution in [2.45, 2.75) is 13.5 Å². The zero-order chi connectivity index (χ0) is 18.4. The van der Waals surface area contributed by atoms with Gasteiger partial charge in [0, 0.05) is 29.7 Å². The molecule has 0 bridgehead atoms. The Hall–Kier alpha value is -2.02. The van der Waals surface area contributed by atoms with Crippen LogP contribution in [0.2, 0.25) is 0 Å². The monoisotopic (exact) mass is 415 g/mol. The van der Waals surface area contributed by atoms with Crippen LogP contribution >= 0.6 is 15.9 Å². The van der Waals surface area contributed by atoms with Crippen molar-refractivity contribution in [1.29, 1.82) is 0 Å². The topological polar surface area (TPSA) is 53.9 Å². The number of hydrazone groups is 1. The van der Waals surface area contributed by atoms with Gasteiger partial charge < -0.3 is 4.74 Å². The third-order valence-corrected chi connectivity index (χ3v) is 4.84. The number of hydrogen-bond acceptors (Lipinski definition) is 4. The molecule has 3 rings (SSSR count). The van der Waals surface area contributed by atoms with Crippen molar-refractivity contribution in [3.8, 4) is 0 Å². The first-order valence-electron chi connectivity index (χ1n) is 8.61. The zero-order valence-corrected chi connectivity index (χ0v) is 16.3. The SMILES string of the molecule is CC(=NNC(=O)c1ccc(CN2CCOCC2)cc1)c1ccc(Br)cc1. The van der Waals surface area contributed by atoms with E-state index in [2.05, 4.69) is 31.4 Å². The minimum Gasteiger partial charge on any atom is -0.379 e. The third-order valence-electron chi connectivity index (χ3n) is 4.31. The summed E-state index contributed by atoms with van der Waals surface area (Å²) in [7, 11) is 0. The molecule has 1 aliphatic heterocycles. The second-order valence-electron chi connectivity index (χ2n) is 6.23. The summed E-state index contributed by atoms with van der Waals surface area (Å²) in [5.41, 5.74) is 6.14. The fourth-order valence-corrected chi connectivity index (χ4v) is 3.00. The predicted octanol–water partition coefficient (Wildman–Crippen LogP) is 3.44. The quantitative estimate of drug-likeness (QED) is 0.600. The number of nitrogens with one attached hydrogen (secondary N) is 1. The van der Waals surface area contributed by atoms with E-state index in [1.165, 1.54) is 5.56 Å². The molecule has 1 N–H and O–H groups in total. The van der Waals surface area contributed by atoms with Crippen molar-refractivity contribution in [1.82, 2.24) is 10.3 Å². The van der Waals surface area contributed by atoms with Crippen molar-refractivity contribution >= 4 is 27.5 Å². The van der Waals surface area contributed by atoms with Gasteiger partial charge in [-0.15, -0.1) is 0 Å². The lowest BCUT2D eigenvalue weighted by Crippen LogP contribution is -2.35. The summed E-state index contributed by atoms with van der Waals surface area (Å²) >= 11 is 3.41. The Labute approximate surface area is 162 Å². The molecule has 1 fully saturated rings. The van der Waals surface area contributed by atoms with Gasteiger partial charge in [-0.1, -0.05) is 40.2 Å². The third kappa shape index (κ3) is 5.24. The molecule has 1 heterocycles. The number of morpholine rings is 1. The van der Waals surface area contributed by atoms with Crippen LogP contribution in [0.4, 0.5) is 0 Å². The van der Waals surface area contributed by atoms with E-state index in [4.69, 9.17) is 4.74 Å². The van der Waals surface area contributed by atoms with Crippen molar-refractivity contribution in [2.75, 3.05) is 26.3 Å². The lowest BCUT2D eigenvalue weighted by Gasteiger charge is -2.26. The molecule has 136 valence electrons. The van der Waals surface area contributed by atoms with Gasteiger partial charge in [0.15, 0.2) is 0 Å². The number of hydrogen-bond donors (Lipinski definition) is 1. The maximum atomic E-state index is 12.3. The molecule has 0 atom stereocenters. The van der Waals surface area contributed by atoms with Crippen molar-refractivity contribution in [3.63, 3.8) is 0 Å². The number of ether oxygens (including phenoxy) is 1. The van der Waals surface area contributed by atoms with E-state index in [1.54, 1.807) is 0 Å². The van der Waals surface area contributed by atoms with Gasteiger partial charge in [-0.3, -0.25) is 9.69 Å². The van der Waals surface area contributed by atoms with Crippen molar-refractivity contribution in [3.05, 3.63) is 69.7 Å². The first-order valence-corrected chi connectivity index (χ1v) is 9.41. The van der Waals surface area contributed by atoms with Gasteiger partial charge in [-0.05, 0) is 42.3 Å². The number of carbonyl (C=O) groups is 1. The summed E-state index contributed by atoms with van der Waals surface area (Å²) < 4.78 is 6.37. The number of rotatable bonds is 5. The summed E-state index contributed by atoms with van der Waals surface area (Å²) in [5.74, 6) is -0.209. The molecular formula is C20H22BrN3O2. The largest absolute Gasteiger partial charge is 0.379 e. The Morgan fingerprint density at radius 1 is 1.08 bits per heavy atom. The average Bonchev–Trinajstić information content (AvgIpc) is 2.68. The summed E-state index contributed by atoms with van der Waals surface area (Å²) in [5, 5.41) is 4.20. The highest BCUT2D eigenvalue weighted by Gasteiger charge is 2.11. The standard InChI is InChI=1S/C20H22BrN3O2/c1-15(17-6-8-19(21)9-7-17)22-23-20(25)18-4-2-16(3-5-18)14-24-10-12-26-13-11-24/h2-9H,10-14H2,1H3,(H,23,25). The van der Waals surface area contributed by atoms with E-state index >= 15 is 0 Å². The minimum absolute atomic E-state index is 0.209. The molecule has 6 heteroatoms. The van der Waals surface area contributed by atoms with Crippen LogP contribution in [0.5, 0.6) is 0 Å². The maximum Gasteiger partial charge on any atom is 0.271 e. The number of amides is 1. The normalized spacial score (nSPS) is 15.7. The molecule has 1 amide bonds. The van der Waals surface area contributed by atoms with E-state index in [9.17, 15) is 4.79 Å². The molecule has 0 saturated carbocycles. The Bertz CT molecular complexity index is 767. The average molecular weight is 416 g/mol. The maximum absolute atomic E-state index is 12.3. The molecule has 0 aromatic heterocycles. The molecule has 0 radical (unpaired) electrons. The Morgan fingerprint density at radius 2 is 1.69 bits per heavy atom. The van der Waals surface area contributed by atoms with Gasteiger partial charge in [0.1, 0.15) is 0 Å². The summed E-state index contributed by atoms with van der Waals surface area (Å²) in [6.45, 7) is 6.23. The molecule has 1 saturated heterocycles. The van der Waals surface area contributed by atoms with Crippen molar-refractivity contribution in [2.24, 2.45) is 5.10 Å². The Kier molecular flexibility index (Phi) is 6.55. The smallest absolute Gasteiger partial charge is 0.271 e. The first-order chi connectivity index (χ1) is 12.6. The predicted molar refractivity (Wildman–Crippen MR) is 106 cm³/mol. The molecule has 0 aliphatic carbocycles. The van der Waals surface area contributed by atoms with Crippen LogP contribution in [0.25, 0.3) is 0 Å². The number of nitrogens with zero attached hydrogens (tertiary/aromatic N) is 2. The molecule has 1 aliphatic rings. The van der Waals surface area contributed by atoms with E-state index in [1.807, 2.05) is 55.5 Å². The van der Waals surface area contributed by atoms with Crippen LogP contribution in [-0.4, -0.2) is 42.8 Å². The van der Waals surface area contributed by atoms with E-state index in [0.29, 0.717) is 5.56 Å². The second kappa shape index (κ2) is 9.07.